The number of halogens is 2. The molecule has 2 unspecified atom stereocenters. The number of urea groups is 1. The van der Waals surface area contributed by atoms with E-state index >= 15 is 0 Å². The van der Waals surface area contributed by atoms with Gasteiger partial charge >= 0.3 is 6.03 Å². The van der Waals surface area contributed by atoms with Crippen LogP contribution in [0.1, 0.15) is 29.7 Å². The van der Waals surface area contributed by atoms with Gasteiger partial charge in [0.25, 0.3) is 5.91 Å². The zero-order valence-electron chi connectivity index (χ0n) is 18.0. The quantitative estimate of drug-likeness (QED) is 0.531. The number of hydrogen-bond acceptors (Lipinski definition) is 3. The third kappa shape index (κ3) is 4.80. The highest BCUT2D eigenvalue weighted by Gasteiger charge is 2.31. The Labute approximate surface area is 199 Å². The fourth-order valence-electron chi connectivity index (χ4n) is 3.68. The standard InChI is InChI=1S/C25H22BrFN4O2/c1-15(16-11-13-17(26)14-12-16)28-25(33)30-23-24(32)31(2)21-10-6-4-8-19(21)22(29-23)18-7-3-5-9-20(18)27/h3-15,23H,1-2H3,(H2,28,30,33). The zero-order chi connectivity index (χ0) is 23.5. The highest BCUT2D eigenvalue weighted by Crippen LogP contribution is 2.28. The first-order chi connectivity index (χ1) is 15.8. The minimum atomic E-state index is -1.23. The molecular formula is C25H22BrFN4O2. The van der Waals surface area contributed by atoms with Gasteiger partial charge in [-0.25, -0.2) is 14.2 Å². The van der Waals surface area contributed by atoms with Gasteiger partial charge in [-0.2, -0.15) is 0 Å². The number of para-hydroxylation sites is 1. The number of carbonyl (C=O) groups excluding carboxylic acids is 2. The van der Waals surface area contributed by atoms with Gasteiger partial charge in [0.1, 0.15) is 5.82 Å². The van der Waals surface area contributed by atoms with Crippen LogP contribution in [0.5, 0.6) is 0 Å². The van der Waals surface area contributed by atoms with E-state index in [1.807, 2.05) is 31.2 Å². The van der Waals surface area contributed by atoms with E-state index in [0.717, 1.165) is 10.0 Å². The van der Waals surface area contributed by atoms with E-state index in [-0.39, 0.29) is 11.6 Å². The average molecular weight is 509 g/mol. The minimum Gasteiger partial charge on any atom is -0.332 e. The molecule has 0 bridgehead atoms. The van der Waals surface area contributed by atoms with Crippen LogP contribution >= 0.6 is 15.9 Å². The second-order valence-corrected chi connectivity index (χ2v) is 8.58. The first-order valence-electron chi connectivity index (χ1n) is 10.4. The fraction of sp³-hybridized carbons (Fsp3) is 0.160. The van der Waals surface area contributed by atoms with Gasteiger partial charge in [-0.15, -0.1) is 0 Å². The molecule has 3 aromatic carbocycles. The van der Waals surface area contributed by atoms with Crippen LogP contribution in [0.3, 0.4) is 0 Å². The molecule has 1 heterocycles. The second-order valence-electron chi connectivity index (χ2n) is 7.67. The van der Waals surface area contributed by atoms with Crippen molar-refractivity contribution in [3.63, 3.8) is 0 Å². The van der Waals surface area contributed by atoms with Crippen LogP contribution in [0.4, 0.5) is 14.9 Å². The van der Waals surface area contributed by atoms with Gasteiger partial charge in [0.05, 0.1) is 17.4 Å². The molecule has 3 aromatic rings. The number of carbonyl (C=O) groups is 2. The molecule has 0 aliphatic carbocycles. The maximum absolute atomic E-state index is 14.7. The van der Waals surface area contributed by atoms with E-state index in [9.17, 15) is 14.0 Å². The lowest BCUT2D eigenvalue weighted by Gasteiger charge is -2.22. The van der Waals surface area contributed by atoms with Gasteiger partial charge in [0.2, 0.25) is 6.17 Å². The topological polar surface area (TPSA) is 73.8 Å². The molecule has 2 atom stereocenters. The van der Waals surface area contributed by atoms with Crippen LogP contribution in [-0.4, -0.2) is 30.9 Å². The summed E-state index contributed by atoms with van der Waals surface area (Å²) in [4.78, 5) is 31.9. The SMILES string of the molecule is CC(NC(=O)NC1N=C(c2ccccc2F)c2ccccc2N(C)C1=O)c1ccc(Br)cc1. The summed E-state index contributed by atoms with van der Waals surface area (Å²) in [5, 5.41) is 5.47. The molecule has 168 valence electrons. The summed E-state index contributed by atoms with van der Waals surface area (Å²) >= 11 is 3.39. The van der Waals surface area contributed by atoms with Crippen LogP contribution in [0.2, 0.25) is 0 Å². The van der Waals surface area contributed by atoms with Gasteiger partial charge in [-0.05, 0) is 42.8 Å². The summed E-state index contributed by atoms with van der Waals surface area (Å²) in [6.07, 6.45) is -1.23. The third-order valence-electron chi connectivity index (χ3n) is 5.46. The first kappa shape index (κ1) is 22.7. The van der Waals surface area contributed by atoms with Crippen molar-refractivity contribution in [2.75, 3.05) is 11.9 Å². The Morgan fingerprint density at radius 3 is 2.36 bits per heavy atom. The Hall–Kier alpha value is -3.52. The van der Waals surface area contributed by atoms with E-state index < -0.39 is 23.9 Å². The predicted molar refractivity (Wildman–Crippen MR) is 130 cm³/mol. The van der Waals surface area contributed by atoms with Gasteiger partial charge in [0, 0.05) is 22.6 Å². The molecule has 0 saturated heterocycles. The number of aliphatic imine (C=N–C) groups is 1. The Morgan fingerprint density at radius 1 is 1.03 bits per heavy atom. The number of benzene rings is 3. The summed E-state index contributed by atoms with van der Waals surface area (Å²) in [6.45, 7) is 1.84. The zero-order valence-corrected chi connectivity index (χ0v) is 19.6. The molecule has 0 aromatic heterocycles. The Balaban J connectivity index is 1.65. The number of nitrogens with one attached hydrogen (secondary N) is 2. The lowest BCUT2D eigenvalue weighted by molar-refractivity contribution is -0.119. The number of fused-ring (bicyclic) bond motifs is 1. The van der Waals surface area contributed by atoms with Crippen molar-refractivity contribution in [2.24, 2.45) is 4.99 Å². The van der Waals surface area contributed by atoms with E-state index in [4.69, 9.17) is 0 Å². The summed E-state index contributed by atoms with van der Waals surface area (Å²) in [5.74, 6) is -0.893. The molecule has 2 N–H and O–H groups in total. The van der Waals surface area contributed by atoms with Gasteiger partial charge in [-0.3, -0.25) is 4.79 Å². The smallest absolute Gasteiger partial charge is 0.317 e. The number of likely N-dealkylation sites (N-methyl/N-ethyl adjacent to an activating group) is 1. The molecule has 0 spiro atoms. The minimum absolute atomic E-state index is 0.253. The number of amides is 3. The number of hydrogen-bond donors (Lipinski definition) is 2. The summed E-state index contributed by atoms with van der Waals surface area (Å²) in [7, 11) is 1.61. The molecule has 6 nitrogen and oxygen atoms in total. The van der Waals surface area contributed by atoms with Crippen LogP contribution in [0.15, 0.2) is 82.3 Å². The van der Waals surface area contributed by atoms with E-state index in [1.165, 1.54) is 11.0 Å². The molecule has 0 radical (unpaired) electrons. The lowest BCUT2D eigenvalue weighted by atomic mass is 10.00. The summed E-state index contributed by atoms with van der Waals surface area (Å²) < 4.78 is 15.6. The Bertz CT molecular complexity index is 1230. The number of benzodiazepines with no additional fused rings is 1. The van der Waals surface area contributed by atoms with Crippen molar-refractivity contribution >= 4 is 39.3 Å². The molecule has 3 amide bonds. The number of anilines is 1. The number of nitrogens with zero attached hydrogens (tertiary/aromatic N) is 2. The molecule has 0 saturated carbocycles. The van der Waals surface area contributed by atoms with E-state index in [1.54, 1.807) is 49.5 Å². The monoisotopic (exact) mass is 508 g/mol. The van der Waals surface area contributed by atoms with E-state index in [2.05, 4.69) is 31.6 Å². The number of rotatable bonds is 4. The van der Waals surface area contributed by atoms with Gasteiger partial charge in [-0.1, -0.05) is 58.4 Å². The predicted octanol–water partition coefficient (Wildman–Crippen LogP) is 4.79. The highest BCUT2D eigenvalue weighted by molar-refractivity contribution is 9.10. The molecule has 8 heteroatoms. The highest BCUT2D eigenvalue weighted by atomic mass is 79.9. The van der Waals surface area contributed by atoms with Crippen molar-refractivity contribution in [2.45, 2.75) is 19.1 Å². The molecule has 1 aliphatic rings. The molecule has 0 fully saturated rings. The Kier molecular flexibility index (Phi) is 6.55. The average Bonchev–Trinajstić information content (AvgIpc) is 2.90. The molecular weight excluding hydrogens is 487 g/mol. The van der Waals surface area contributed by atoms with Crippen LogP contribution in [0.25, 0.3) is 0 Å². The van der Waals surface area contributed by atoms with E-state index in [0.29, 0.717) is 17.0 Å². The summed E-state index contributed by atoms with van der Waals surface area (Å²) in [5.41, 5.74) is 2.64. The third-order valence-corrected chi connectivity index (χ3v) is 5.99. The molecule has 4 rings (SSSR count). The maximum Gasteiger partial charge on any atom is 0.317 e. The summed E-state index contributed by atoms with van der Waals surface area (Å²) in [6, 6.07) is 20.1. The fourth-order valence-corrected chi connectivity index (χ4v) is 3.95. The lowest BCUT2D eigenvalue weighted by Crippen LogP contribution is -2.49. The van der Waals surface area contributed by atoms with Crippen molar-refractivity contribution in [3.8, 4) is 0 Å². The van der Waals surface area contributed by atoms with Crippen LogP contribution < -0.4 is 15.5 Å². The molecule has 1 aliphatic heterocycles. The Morgan fingerprint density at radius 2 is 1.67 bits per heavy atom. The molecule has 33 heavy (non-hydrogen) atoms. The van der Waals surface area contributed by atoms with Gasteiger partial charge in [0.15, 0.2) is 0 Å². The van der Waals surface area contributed by atoms with Crippen molar-refractivity contribution in [1.29, 1.82) is 0 Å². The first-order valence-corrected chi connectivity index (χ1v) is 11.2. The van der Waals surface area contributed by atoms with Crippen molar-refractivity contribution in [1.82, 2.24) is 10.6 Å². The van der Waals surface area contributed by atoms with Crippen LogP contribution in [0, 0.1) is 5.82 Å². The van der Waals surface area contributed by atoms with Crippen molar-refractivity contribution in [3.05, 3.63) is 99.8 Å². The normalized spacial score (nSPS) is 16.4. The maximum atomic E-state index is 14.7. The van der Waals surface area contributed by atoms with Gasteiger partial charge < -0.3 is 15.5 Å². The van der Waals surface area contributed by atoms with Crippen molar-refractivity contribution < 1.29 is 14.0 Å². The second kappa shape index (κ2) is 9.54. The largest absolute Gasteiger partial charge is 0.332 e. The van der Waals surface area contributed by atoms with Crippen LogP contribution in [-0.2, 0) is 4.79 Å².